The SMILES string of the molecule is CCCCC(=O)Nc1ccc(-n2cccc2)cc1. The van der Waals surface area contributed by atoms with Gasteiger partial charge in [-0.05, 0) is 42.8 Å². The third-order valence-electron chi connectivity index (χ3n) is 2.81. The molecule has 0 aliphatic carbocycles. The second kappa shape index (κ2) is 6.05. The molecule has 0 fully saturated rings. The van der Waals surface area contributed by atoms with Gasteiger partial charge in [-0.15, -0.1) is 0 Å². The van der Waals surface area contributed by atoms with Crippen molar-refractivity contribution in [3.63, 3.8) is 0 Å². The molecule has 3 heteroatoms. The van der Waals surface area contributed by atoms with Crippen LogP contribution in [-0.2, 0) is 4.79 Å². The van der Waals surface area contributed by atoms with Gasteiger partial charge in [-0.2, -0.15) is 0 Å². The van der Waals surface area contributed by atoms with Crippen LogP contribution < -0.4 is 5.32 Å². The Morgan fingerprint density at radius 2 is 1.83 bits per heavy atom. The van der Waals surface area contributed by atoms with Crippen LogP contribution in [0, 0.1) is 0 Å². The fourth-order valence-corrected chi connectivity index (χ4v) is 1.78. The molecule has 1 amide bonds. The molecule has 0 radical (unpaired) electrons. The highest BCUT2D eigenvalue weighted by Crippen LogP contribution is 2.14. The fourth-order valence-electron chi connectivity index (χ4n) is 1.78. The summed E-state index contributed by atoms with van der Waals surface area (Å²) in [5, 5.41) is 2.90. The van der Waals surface area contributed by atoms with Crippen LogP contribution in [0.4, 0.5) is 5.69 Å². The van der Waals surface area contributed by atoms with Crippen molar-refractivity contribution < 1.29 is 4.79 Å². The number of nitrogens with one attached hydrogen (secondary N) is 1. The molecular formula is C15H18N2O. The minimum Gasteiger partial charge on any atom is -0.326 e. The van der Waals surface area contributed by atoms with E-state index in [2.05, 4.69) is 12.2 Å². The van der Waals surface area contributed by atoms with Crippen LogP contribution in [0.2, 0.25) is 0 Å². The summed E-state index contributed by atoms with van der Waals surface area (Å²) in [6, 6.07) is 11.8. The summed E-state index contributed by atoms with van der Waals surface area (Å²) in [6.45, 7) is 2.08. The lowest BCUT2D eigenvalue weighted by atomic mass is 10.2. The second-order valence-corrected chi connectivity index (χ2v) is 4.29. The highest BCUT2D eigenvalue weighted by atomic mass is 16.1. The van der Waals surface area contributed by atoms with Crippen LogP contribution in [-0.4, -0.2) is 10.5 Å². The molecule has 0 bridgehead atoms. The maximum Gasteiger partial charge on any atom is 0.224 e. The van der Waals surface area contributed by atoms with Gasteiger partial charge in [0.1, 0.15) is 0 Å². The number of carbonyl (C=O) groups excluding carboxylic acids is 1. The van der Waals surface area contributed by atoms with Gasteiger partial charge >= 0.3 is 0 Å². The Balaban J connectivity index is 1.98. The summed E-state index contributed by atoms with van der Waals surface area (Å²) < 4.78 is 2.03. The maximum atomic E-state index is 11.6. The first kappa shape index (κ1) is 12.4. The summed E-state index contributed by atoms with van der Waals surface area (Å²) in [7, 11) is 0. The van der Waals surface area contributed by atoms with E-state index >= 15 is 0 Å². The Morgan fingerprint density at radius 3 is 2.44 bits per heavy atom. The number of benzene rings is 1. The number of aromatic nitrogens is 1. The van der Waals surface area contributed by atoms with Crippen LogP contribution in [0.25, 0.3) is 5.69 Å². The number of unbranched alkanes of at least 4 members (excludes halogenated alkanes) is 1. The Hall–Kier alpha value is -2.03. The first-order chi connectivity index (χ1) is 8.79. The van der Waals surface area contributed by atoms with Crippen LogP contribution in [0.15, 0.2) is 48.8 Å². The van der Waals surface area contributed by atoms with Crippen molar-refractivity contribution >= 4 is 11.6 Å². The summed E-state index contributed by atoms with van der Waals surface area (Å²) in [4.78, 5) is 11.6. The summed E-state index contributed by atoms with van der Waals surface area (Å²) in [6.07, 6.45) is 6.56. The van der Waals surface area contributed by atoms with Crippen molar-refractivity contribution in [3.8, 4) is 5.69 Å². The van der Waals surface area contributed by atoms with Gasteiger partial charge in [-0.1, -0.05) is 13.3 Å². The molecule has 1 aromatic heterocycles. The van der Waals surface area contributed by atoms with Crippen molar-refractivity contribution in [3.05, 3.63) is 48.8 Å². The Labute approximate surface area is 107 Å². The molecule has 2 aromatic rings. The molecule has 0 atom stereocenters. The van der Waals surface area contributed by atoms with Gasteiger partial charge in [0.05, 0.1) is 0 Å². The highest BCUT2D eigenvalue weighted by molar-refractivity contribution is 5.90. The predicted octanol–water partition coefficient (Wildman–Crippen LogP) is 3.61. The number of amides is 1. The van der Waals surface area contributed by atoms with E-state index in [1.807, 2.05) is 53.4 Å². The van der Waals surface area contributed by atoms with Crippen LogP contribution in [0.5, 0.6) is 0 Å². The number of anilines is 1. The van der Waals surface area contributed by atoms with E-state index in [-0.39, 0.29) is 5.91 Å². The topological polar surface area (TPSA) is 34.0 Å². The zero-order valence-corrected chi connectivity index (χ0v) is 10.6. The molecule has 0 spiro atoms. The van der Waals surface area contributed by atoms with E-state index in [9.17, 15) is 4.79 Å². The average Bonchev–Trinajstić information content (AvgIpc) is 2.91. The first-order valence-electron chi connectivity index (χ1n) is 6.33. The van der Waals surface area contributed by atoms with Gasteiger partial charge < -0.3 is 9.88 Å². The van der Waals surface area contributed by atoms with E-state index in [0.29, 0.717) is 6.42 Å². The van der Waals surface area contributed by atoms with Crippen molar-refractivity contribution in [1.29, 1.82) is 0 Å². The lowest BCUT2D eigenvalue weighted by Gasteiger charge is -2.07. The van der Waals surface area contributed by atoms with Gasteiger partial charge in [0.25, 0.3) is 0 Å². The lowest BCUT2D eigenvalue weighted by Crippen LogP contribution is -2.10. The molecule has 1 aromatic carbocycles. The van der Waals surface area contributed by atoms with Crippen molar-refractivity contribution in [2.24, 2.45) is 0 Å². The van der Waals surface area contributed by atoms with Crippen LogP contribution in [0.1, 0.15) is 26.2 Å². The van der Waals surface area contributed by atoms with E-state index in [1.54, 1.807) is 0 Å². The number of hydrogen-bond donors (Lipinski definition) is 1. The Bertz CT molecular complexity index is 486. The second-order valence-electron chi connectivity index (χ2n) is 4.29. The smallest absolute Gasteiger partial charge is 0.224 e. The zero-order chi connectivity index (χ0) is 12.8. The molecule has 3 nitrogen and oxygen atoms in total. The van der Waals surface area contributed by atoms with Crippen LogP contribution in [0.3, 0.4) is 0 Å². The Morgan fingerprint density at radius 1 is 1.17 bits per heavy atom. The zero-order valence-electron chi connectivity index (χ0n) is 10.6. The fraction of sp³-hybridized carbons (Fsp3) is 0.267. The molecule has 1 heterocycles. The van der Waals surface area contributed by atoms with Gasteiger partial charge in [-0.25, -0.2) is 0 Å². The lowest BCUT2D eigenvalue weighted by molar-refractivity contribution is -0.116. The summed E-state index contributed by atoms with van der Waals surface area (Å²) >= 11 is 0. The Kier molecular flexibility index (Phi) is 4.18. The van der Waals surface area contributed by atoms with Crippen molar-refractivity contribution in [1.82, 2.24) is 4.57 Å². The first-order valence-corrected chi connectivity index (χ1v) is 6.33. The summed E-state index contributed by atoms with van der Waals surface area (Å²) in [5.41, 5.74) is 1.94. The predicted molar refractivity (Wildman–Crippen MR) is 73.9 cm³/mol. The summed E-state index contributed by atoms with van der Waals surface area (Å²) in [5.74, 6) is 0.0885. The van der Waals surface area contributed by atoms with Gasteiger partial charge in [-0.3, -0.25) is 4.79 Å². The van der Waals surface area contributed by atoms with E-state index in [1.165, 1.54) is 0 Å². The van der Waals surface area contributed by atoms with E-state index < -0.39 is 0 Å². The monoisotopic (exact) mass is 242 g/mol. The minimum atomic E-state index is 0.0885. The van der Waals surface area contributed by atoms with Gasteiger partial charge in [0.2, 0.25) is 5.91 Å². The van der Waals surface area contributed by atoms with Crippen molar-refractivity contribution in [2.75, 3.05) is 5.32 Å². The number of rotatable bonds is 5. The molecule has 0 aliphatic rings. The average molecular weight is 242 g/mol. The maximum absolute atomic E-state index is 11.6. The minimum absolute atomic E-state index is 0.0885. The van der Waals surface area contributed by atoms with Crippen molar-refractivity contribution in [2.45, 2.75) is 26.2 Å². The molecule has 2 rings (SSSR count). The molecule has 0 unspecified atom stereocenters. The molecule has 0 saturated carbocycles. The van der Waals surface area contributed by atoms with Crippen LogP contribution >= 0.6 is 0 Å². The normalized spacial score (nSPS) is 10.3. The third kappa shape index (κ3) is 3.23. The van der Waals surface area contributed by atoms with Gasteiger partial charge in [0, 0.05) is 30.2 Å². The van der Waals surface area contributed by atoms with Gasteiger partial charge in [0.15, 0.2) is 0 Å². The highest BCUT2D eigenvalue weighted by Gasteiger charge is 2.01. The standard InChI is InChI=1S/C15H18N2O/c1-2-3-6-15(18)16-13-7-9-14(10-8-13)17-11-4-5-12-17/h4-5,7-12H,2-3,6H2,1H3,(H,16,18). The number of carbonyl (C=O) groups is 1. The molecule has 18 heavy (non-hydrogen) atoms. The quantitative estimate of drug-likeness (QED) is 0.854. The van der Waals surface area contributed by atoms with E-state index in [0.717, 1.165) is 24.2 Å². The third-order valence-corrected chi connectivity index (χ3v) is 2.81. The molecule has 0 saturated heterocycles. The molecule has 94 valence electrons. The molecule has 0 aliphatic heterocycles. The number of hydrogen-bond acceptors (Lipinski definition) is 1. The molecule has 1 N–H and O–H groups in total. The van der Waals surface area contributed by atoms with E-state index in [4.69, 9.17) is 0 Å². The number of nitrogens with zero attached hydrogens (tertiary/aromatic N) is 1. The largest absolute Gasteiger partial charge is 0.326 e. The molecular weight excluding hydrogens is 224 g/mol.